The topological polar surface area (TPSA) is 35.2 Å². The average Bonchev–Trinajstić information content (AvgIpc) is 2.23. The summed E-state index contributed by atoms with van der Waals surface area (Å²) in [5.41, 5.74) is 9.98. The second-order valence-electron chi connectivity index (χ2n) is 4.65. The van der Waals surface area contributed by atoms with Gasteiger partial charge in [0.2, 0.25) is 0 Å². The van der Waals surface area contributed by atoms with E-state index in [9.17, 15) is 0 Å². The number of aryl methyl sites for hydroxylation is 2. The van der Waals surface area contributed by atoms with Gasteiger partial charge in [0.15, 0.2) is 0 Å². The summed E-state index contributed by atoms with van der Waals surface area (Å²) in [4.78, 5) is 0. The highest BCUT2D eigenvalue weighted by molar-refractivity contribution is 5.30. The smallest absolute Gasteiger partial charge is 0.0543 e. The number of rotatable bonds is 5. The maximum atomic E-state index is 6.18. The first-order valence-electron chi connectivity index (χ1n) is 5.89. The van der Waals surface area contributed by atoms with Gasteiger partial charge in [0.1, 0.15) is 0 Å². The van der Waals surface area contributed by atoms with Crippen molar-refractivity contribution in [1.82, 2.24) is 0 Å². The molecule has 16 heavy (non-hydrogen) atoms. The minimum Gasteiger partial charge on any atom is -0.382 e. The quantitative estimate of drug-likeness (QED) is 0.829. The van der Waals surface area contributed by atoms with E-state index in [2.05, 4.69) is 39.0 Å². The molecule has 2 unspecified atom stereocenters. The molecule has 0 aliphatic rings. The predicted octanol–water partition coefficient (Wildman–Crippen LogP) is 3.12. The first-order chi connectivity index (χ1) is 7.52. The van der Waals surface area contributed by atoms with Crippen LogP contribution in [0, 0.1) is 13.8 Å². The highest BCUT2D eigenvalue weighted by Gasteiger charge is 2.09. The Morgan fingerprint density at radius 1 is 1.12 bits per heavy atom. The molecule has 1 rings (SSSR count). The lowest BCUT2D eigenvalue weighted by Crippen LogP contribution is -2.14. The van der Waals surface area contributed by atoms with Crippen LogP contribution in [0.25, 0.3) is 0 Å². The van der Waals surface area contributed by atoms with Crippen molar-refractivity contribution in [2.75, 3.05) is 7.11 Å². The molecule has 0 heterocycles. The minimum atomic E-state index is 0.121. The van der Waals surface area contributed by atoms with Crippen LogP contribution in [0.1, 0.15) is 42.5 Å². The Labute approximate surface area is 98.8 Å². The first kappa shape index (κ1) is 13.2. The molecular weight excluding hydrogens is 198 g/mol. The number of ether oxygens (including phenoxy) is 1. The van der Waals surface area contributed by atoms with Crippen LogP contribution in [-0.4, -0.2) is 13.2 Å². The van der Waals surface area contributed by atoms with Gasteiger partial charge in [0.05, 0.1) is 6.10 Å². The molecule has 0 radical (unpaired) electrons. The molecule has 1 aromatic carbocycles. The van der Waals surface area contributed by atoms with Crippen molar-refractivity contribution >= 4 is 0 Å². The predicted molar refractivity (Wildman–Crippen MR) is 68.5 cm³/mol. The van der Waals surface area contributed by atoms with Gasteiger partial charge < -0.3 is 10.5 Å². The number of nitrogens with two attached hydrogens (primary N) is 1. The van der Waals surface area contributed by atoms with Crippen LogP contribution in [0.15, 0.2) is 18.2 Å². The van der Waals surface area contributed by atoms with Crippen molar-refractivity contribution in [1.29, 1.82) is 0 Å². The standard InChI is InChI=1S/C14H23NO/c1-10-7-11(2)9-13(8-10)14(15)6-5-12(3)16-4/h7-9,12,14H,5-6,15H2,1-4H3. The van der Waals surface area contributed by atoms with Crippen LogP contribution in [-0.2, 0) is 4.74 Å². The minimum absolute atomic E-state index is 0.121. The van der Waals surface area contributed by atoms with E-state index in [1.54, 1.807) is 7.11 Å². The second kappa shape index (κ2) is 6.02. The zero-order valence-corrected chi connectivity index (χ0v) is 10.8. The van der Waals surface area contributed by atoms with Crippen LogP contribution in [0.4, 0.5) is 0 Å². The van der Waals surface area contributed by atoms with Crippen LogP contribution >= 0.6 is 0 Å². The summed E-state index contributed by atoms with van der Waals surface area (Å²) >= 11 is 0. The fourth-order valence-electron chi connectivity index (χ4n) is 1.92. The molecule has 0 saturated heterocycles. The molecule has 0 aliphatic carbocycles. The maximum absolute atomic E-state index is 6.18. The summed E-state index contributed by atoms with van der Waals surface area (Å²) in [5.74, 6) is 0. The Kier molecular flexibility index (Phi) is 4.97. The highest BCUT2D eigenvalue weighted by atomic mass is 16.5. The van der Waals surface area contributed by atoms with Gasteiger partial charge in [-0.3, -0.25) is 0 Å². The number of hydrogen-bond acceptors (Lipinski definition) is 2. The van der Waals surface area contributed by atoms with Gasteiger partial charge in [0.25, 0.3) is 0 Å². The monoisotopic (exact) mass is 221 g/mol. The van der Waals surface area contributed by atoms with E-state index >= 15 is 0 Å². The Morgan fingerprint density at radius 3 is 2.19 bits per heavy atom. The fourth-order valence-corrected chi connectivity index (χ4v) is 1.92. The molecular formula is C14H23NO. The Bertz CT molecular complexity index is 315. The highest BCUT2D eigenvalue weighted by Crippen LogP contribution is 2.20. The second-order valence-corrected chi connectivity index (χ2v) is 4.65. The Hall–Kier alpha value is -0.860. The molecule has 2 nitrogen and oxygen atoms in total. The lowest BCUT2D eigenvalue weighted by atomic mass is 9.98. The fraction of sp³-hybridized carbons (Fsp3) is 0.571. The molecule has 2 atom stereocenters. The van der Waals surface area contributed by atoms with Gasteiger partial charge >= 0.3 is 0 Å². The van der Waals surface area contributed by atoms with Crippen LogP contribution in [0.2, 0.25) is 0 Å². The van der Waals surface area contributed by atoms with Crippen molar-refractivity contribution in [2.45, 2.75) is 45.8 Å². The molecule has 0 fully saturated rings. The van der Waals surface area contributed by atoms with E-state index in [-0.39, 0.29) is 12.1 Å². The molecule has 0 bridgehead atoms. The molecule has 0 saturated carbocycles. The summed E-state index contributed by atoms with van der Waals surface area (Å²) < 4.78 is 5.23. The molecule has 0 amide bonds. The molecule has 2 N–H and O–H groups in total. The largest absolute Gasteiger partial charge is 0.382 e. The van der Waals surface area contributed by atoms with Gasteiger partial charge in [-0.05, 0) is 39.2 Å². The zero-order valence-electron chi connectivity index (χ0n) is 10.8. The third-order valence-corrected chi connectivity index (χ3v) is 2.96. The summed E-state index contributed by atoms with van der Waals surface area (Å²) in [6.45, 7) is 6.30. The van der Waals surface area contributed by atoms with E-state index in [0.717, 1.165) is 12.8 Å². The van der Waals surface area contributed by atoms with Gasteiger partial charge in [-0.15, -0.1) is 0 Å². The van der Waals surface area contributed by atoms with E-state index in [1.807, 2.05) is 0 Å². The SMILES string of the molecule is COC(C)CCC(N)c1cc(C)cc(C)c1. The Balaban J connectivity index is 2.62. The van der Waals surface area contributed by atoms with Crippen LogP contribution in [0.3, 0.4) is 0 Å². The first-order valence-corrected chi connectivity index (χ1v) is 5.89. The molecule has 90 valence electrons. The van der Waals surface area contributed by atoms with Crippen molar-refractivity contribution in [3.05, 3.63) is 34.9 Å². The van der Waals surface area contributed by atoms with Gasteiger partial charge in [-0.1, -0.05) is 29.3 Å². The van der Waals surface area contributed by atoms with E-state index in [4.69, 9.17) is 10.5 Å². The summed E-state index contributed by atoms with van der Waals surface area (Å²) in [6.07, 6.45) is 2.26. The van der Waals surface area contributed by atoms with Gasteiger partial charge in [0, 0.05) is 13.2 Å². The number of hydrogen-bond donors (Lipinski definition) is 1. The summed E-state index contributed by atoms with van der Waals surface area (Å²) in [7, 11) is 1.74. The lowest BCUT2D eigenvalue weighted by Gasteiger charge is -2.16. The number of methoxy groups -OCH3 is 1. The van der Waals surface area contributed by atoms with Gasteiger partial charge in [-0.2, -0.15) is 0 Å². The zero-order chi connectivity index (χ0) is 12.1. The third kappa shape index (κ3) is 3.95. The van der Waals surface area contributed by atoms with E-state index < -0.39 is 0 Å². The number of benzene rings is 1. The van der Waals surface area contributed by atoms with Crippen LogP contribution < -0.4 is 5.73 Å². The average molecular weight is 221 g/mol. The summed E-state index contributed by atoms with van der Waals surface area (Å²) in [5, 5.41) is 0. The Morgan fingerprint density at radius 2 is 1.69 bits per heavy atom. The van der Waals surface area contributed by atoms with Crippen LogP contribution in [0.5, 0.6) is 0 Å². The van der Waals surface area contributed by atoms with Crippen molar-refractivity contribution in [3.8, 4) is 0 Å². The van der Waals surface area contributed by atoms with Crippen molar-refractivity contribution in [3.63, 3.8) is 0 Å². The molecule has 2 heteroatoms. The molecule has 0 spiro atoms. The van der Waals surface area contributed by atoms with E-state index in [1.165, 1.54) is 16.7 Å². The van der Waals surface area contributed by atoms with Crippen molar-refractivity contribution in [2.24, 2.45) is 5.73 Å². The molecule has 0 aliphatic heterocycles. The molecule has 0 aromatic heterocycles. The normalized spacial score (nSPS) is 14.8. The summed E-state index contributed by atoms with van der Waals surface area (Å²) in [6, 6.07) is 6.65. The third-order valence-electron chi connectivity index (χ3n) is 2.96. The molecule has 1 aromatic rings. The lowest BCUT2D eigenvalue weighted by molar-refractivity contribution is 0.107. The van der Waals surface area contributed by atoms with Gasteiger partial charge in [-0.25, -0.2) is 0 Å². The van der Waals surface area contributed by atoms with E-state index in [0.29, 0.717) is 0 Å². The van der Waals surface area contributed by atoms with Crippen molar-refractivity contribution < 1.29 is 4.74 Å². The maximum Gasteiger partial charge on any atom is 0.0543 e.